The molecule has 18 heavy (non-hydrogen) atoms. The Balaban J connectivity index is 2.14. The standard InChI is InChI=1S/C14H28N2O2/c1-3-5-6-12(4-2)10-16-14(17)9-13-11-15-7-8-18-13/h12-13,15H,3-11H2,1-2H3,(H,16,17). The van der Waals surface area contributed by atoms with Gasteiger partial charge < -0.3 is 15.4 Å². The summed E-state index contributed by atoms with van der Waals surface area (Å²) in [7, 11) is 0. The van der Waals surface area contributed by atoms with Gasteiger partial charge in [-0.15, -0.1) is 0 Å². The normalized spacial score (nSPS) is 21.6. The van der Waals surface area contributed by atoms with Crippen LogP contribution in [0, 0.1) is 5.92 Å². The molecule has 0 saturated carbocycles. The third-order valence-corrected chi connectivity index (χ3v) is 3.55. The van der Waals surface area contributed by atoms with Crippen LogP contribution in [-0.2, 0) is 9.53 Å². The maximum absolute atomic E-state index is 11.8. The number of amides is 1. The summed E-state index contributed by atoms with van der Waals surface area (Å²) >= 11 is 0. The van der Waals surface area contributed by atoms with Crippen molar-refractivity contribution in [3.63, 3.8) is 0 Å². The maximum atomic E-state index is 11.8. The number of hydrogen-bond donors (Lipinski definition) is 2. The molecule has 1 rings (SSSR count). The van der Waals surface area contributed by atoms with Crippen LogP contribution in [0.5, 0.6) is 0 Å². The van der Waals surface area contributed by atoms with Crippen molar-refractivity contribution in [3.05, 3.63) is 0 Å². The summed E-state index contributed by atoms with van der Waals surface area (Å²) in [6.45, 7) is 7.62. The molecule has 0 spiro atoms. The average Bonchev–Trinajstić information content (AvgIpc) is 2.40. The van der Waals surface area contributed by atoms with Gasteiger partial charge in [0.05, 0.1) is 19.1 Å². The number of morpholine rings is 1. The molecule has 1 saturated heterocycles. The van der Waals surface area contributed by atoms with E-state index in [1.807, 2.05) is 0 Å². The largest absolute Gasteiger partial charge is 0.375 e. The highest BCUT2D eigenvalue weighted by Gasteiger charge is 2.17. The summed E-state index contributed by atoms with van der Waals surface area (Å²) in [4.78, 5) is 11.8. The molecule has 4 heteroatoms. The van der Waals surface area contributed by atoms with Gasteiger partial charge in [0.15, 0.2) is 0 Å². The van der Waals surface area contributed by atoms with Crippen LogP contribution in [0.4, 0.5) is 0 Å². The molecule has 0 radical (unpaired) electrons. The maximum Gasteiger partial charge on any atom is 0.222 e. The Morgan fingerprint density at radius 2 is 2.33 bits per heavy atom. The van der Waals surface area contributed by atoms with E-state index < -0.39 is 0 Å². The molecule has 106 valence electrons. The lowest BCUT2D eigenvalue weighted by Crippen LogP contribution is -2.42. The zero-order valence-corrected chi connectivity index (χ0v) is 11.8. The van der Waals surface area contributed by atoms with Gasteiger partial charge >= 0.3 is 0 Å². The van der Waals surface area contributed by atoms with E-state index in [-0.39, 0.29) is 12.0 Å². The predicted molar refractivity (Wildman–Crippen MR) is 73.5 cm³/mol. The van der Waals surface area contributed by atoms with Gasteiger partial charge in [0.25, 0.3) is 0 Å². The second-order valence-electron chi connectivity index (χ2n) is 5.12. The monoisotopic (exact) mass is 256 g/mol. The zero-order valence-electron chi connectivity index (χ0n) is 11.8. The van der Waals surface area contributed by atoms with Crippen LogP contribution < -0.4 is 10.6 Å². The zero-order chi connectivity index (χ0) is 13.2. The first-order valence-electron chi connectivity index (χ1n) is 7.35. The fourth-order valence-electron chi connectivity index (χ4n) is 2.23. The van der Waals surface area contributed by atoms with E-state index >= 15 is 0 Å². The van der Waals surface area contributed by atoms with Crippen molar-refractivity contribution >= 4 is 5.91 Å². The molecule has 1 heterocycles. The Labute approximate surface area is 111 Å². The Bertz CT molecular complexity index is 228. The van der Waals surface area contributed by atoms with Gasteiger partial charge in [0.2, 0.25) is 5.91 Å². The predicted octanol–water partition coefficient (Wildman–Crippen LogP) is 1.70. The van der Waals surface area contributed by atoms with Crippen molar-refractivity contribution in [2.75, 3.05) is 26.2 Å². The van der Waals surface area contributed by atoms with Crippen LogP contribution in [0.3, 0.4) is 0 Å². The van der Waals surface area contributed by atoms with Crippen molar-refractivity contribution in [2.24, 2.45) is 5.92 Å². The molecular weight excluding hydrogens is 228 g/mol. The molecule has 0 aromatic heterocycles. The molecule has 2 N–H and O–H groups in total. The van der Waals surface area contributed by atoms with Gasteiger partial charge in [-0.25, -0.2) is 0 Å². The van der Waals surface area contributed by atoms with Crippen LogP contribution in [0.2, 0.25) is 0 Å². The number of hydrogen-bond acceptors (Lipinski definition) is 3. The fourth-order valence-corrected chi connectivity index (χ4v) is 2.23. The molecule has 0 aromatic carbocycles. The lowest BCUT2D eigenvalue weighted by molar-refractivity contribution is -0.124. The van der Waals surface area contributed by atoms with E-state index in [1.165, 1.54) is 19.3 Å². The van der Waals surface area contributed by atoms with E-state index in [2.05, 4.69) is 24.5 Å². The number of ether oxygens (including phenoxy) is 1. The van der Waals surface area contributed by atoms with E-state index in [9.17, 15) is 4.79 Å². The van der Waals surface area contributed by atoms with Crippen LogP contribution in [0.15, 0.2) is 0 Å². The third kappa shape index (κ3) is 6.36. The summed E-state index contributed by atoms with van der Waals surface area (Å²) in [5, 5.41) is 6.28. The van der Waals surface area contributed by atoms with Crippen LogP contribution in [0.25, 0.3) is 0 Å². The quantitative estimate of drug-likeness (QED) is 0.695. The molecule has 4 nitrogen and oxygen atoms in total. The first-order valence-corrected chi connectivity index (χ1v) is 7.35. The molecule has 0 aliphatic carbocycles. The second-order valence-corrected chi connectivity index (χ2v) is 5.12. The van der Waals surface area contributed by atoms with Crippen molar-refractivity contribution in [2.45, 2.75) is 52.1 Å². The van der Waals surface area contributed by atoms with Crippen LogP contribution >= 0.6 is 0 Å². The highest BCUT2D eigenvalue weighted by atomic mass is 16.5. The molecule has 0 bridgehead atoms. The third-order valence-electron chi connectivity index (χ3n) is 3.55. The van der Waals surface area contributed by atoms with Gasteiger partial charge in [0.1, 0.15) is 0 Å². The number of carbonyl (C=O) groups is 1. The first kappa shape index (κ1) is 15.4. The topological polar surface area (TPSA) is 50.4 Å². The SMILES string of the molecule is CCCCC(CC)CNC(=O)CC1CNCCO1. The molecule has 1 fully saturated rings. The first-order chi connectivity index (χ1) is 8.76. The van der Waals surface area contributed by atoms with E-state index in [1.54, 1.807) is 0 Å². The van der Waals surface area contributed by atoms with Crippen molar-refractivity contribution < 1.29 is 9.53 Å². The highest BCUT2D eigenvalue weighted by Crippen LogP contribution is 2.11. The van der Waals surface area contributed by atoms with Gasteiger partial charge in [-0.3, -0.25) is 4.79 Å². The Morgan fingerprint density at radius 1 is 1.50 bits per heavy atom. The molecular formula is C14H28N2O2. The summed E-state index contributed by atoms with van der Waals surface area (Å²) < 4.78 is 5.52. The van der Waals surface area contributed by atoms with Crippen LogP contribution in [0.1, 0.15) is 46.0 Å². The highest BCUT2D eigenvalue weighted by molar-refractivity contribution is 5.76. The van der Waals surface area contributed by atoms with Crippen LogP contribution in [-0.4, -0.2) is 38.3 Å². The number of unbranched alkanes of at least 4 members (excludes halogenated alkanes) is 1. The lowest BCUT2D eigenvalue weighted by Gasteiger charge is -2.23. The second kappa shape index (κ2) is 9.34. The minimum absolute atomic E-state index is 0.0504. The van der Waals surface area contributed by atoms with Gasteiger partial charge in [-0.2, -0.15) is 0 Å². The molecule has 1 aliphatic heterocycles. The van der Waals surface area contributed by atoms with E-state index in [0.717, 1.165) is 26.1 Å². The number of nitrogens with one attached hydrogen (secondary N) is 2. The summed E-state index contributed by atoms with van der Waals surface area (Å²) in [5.41, 5.74) is 0. The van der Waals surface area contributed by atoms with E-state index in [4.69, 9.17) is 4.74 Å². The lowest BCUT2D eigenvalue weighted by atomic mass is 9.99. The van der Waals surface area contributed by atoms with Crippen molar-refractivity contribution in [1.29, 1.82) is 0 Å². The van der Waals surface area contributed by atoms with Crippen molar-refractivity contribution in [3.8, 4) is 0 Å². The summed E-state index contributed by atoms with van der Waals surface area (Å²) in [5.74, 6) is 0.748. The van der Waals surface area contributed by atoms with Gasteiger partial charge in [-0.05, 0) is 12.3 Å². The molecule has 1 amide bonds. The van der Waals surface area contributed by atoms with Crippen molar-refractivity contribution in [1.82, 2.24) is 10.6 Å². The molecule has 0 aromatic rings. The average molecular weight is 256 g/mol. The fraction of sp³-hybridized carbons (Fsp3) is 0.929. The van der Waals surface area contributed by atoms with E-state index in [0.29, 0.717) is 18.9 Å². The molecule has 1 aliphatic rings. The minimum Gasteiger partial charge on any atom is -0.375 e. The Morgan fingerprint density at radius 3 is 2.94 bits per heavy atom. The summed E-state index contributed by atoms with van der Waals surface area (Å²) in [6, 6.07) is 0. The smallest absolute Gasteiger partial charge is 0.222 e. The number of carbonyl (C=O) groups excluding carboxylic acids is 1. The Hall–Kier alpha value is -0.610. The summed E-state index contributed by atoms with van der Waals surface area (Å²) in [6.07, 6.45) is 5.37. The minimum atomic E-state index is 0.0504. The van der Waals surface area contributed by atoms with Gasteiger partial charge in [-0.1, -0.05) is 33.1 Å². The molecule has 2 atom stereocenters. The van der Waals surface area contributed by atoms with Gasteiger partial charge in [0, 0.05) is 19.6 Å². The number of rotatable bonds is 8. The molecule has 2 unspecified atom stereocenters. The Kier molecular flexibility index (Phi) is 8.01.